The zero-order chi connectivity index (χ0) is 22.4. The molecule has 0 amide bonds. The minimum absolute atomic E-state index is 0.129. The number of aliphatic carboxylic acids is 1. The lowest BCUT2D eigenvalue weighted by Crippen LogP contribution is -2.63. The molecule has 4 aliphatic carbocycles. The third-order valence-electron chi connectivity index (χ3n) is 9.87. The number of hydrogen-bond acceptors (Lipinski definition) is 3. The molecule has 4 heteroatoms. The average Bonchev–Trinajstić information content (AvgIpc) is 3.30. The standard InChI is InChI=1S/C27H42O4/c1-5-6-7-8-9-12-31-17-26-15-21-19(4)10-11-22(21)25(16-28)14-20(26)13-23(18(2)3)27(25,26)24(29)30/h13,16,18-22H,5-12,14-15,17H2,1-4H3,(H,29,30)/t19?,20?,21?,22?,25-,26+,27?/m0/s1. The molecule has 31 heavy (non-hydrogen) atoms. The lowest BCUT2D eigenvalue weighted by molar-refractivity contribution is -0.186. The quantitative estimate of drug-likeness (QED) is 0.252. The summed E-state index contributed by atoms with van der Waals surface area (Å²) in [6, 6.07) is 0. The highest BCUT2D eigenvalue weighted by atomic mass is 16.5. The summed E-state index contributed by atoms with van der Waals surface area (Å²) < 4.78 is 6.32. The monoisotopic (exact) mass is 430 g/mol. The smallest absolute Gasteiger partial charge is 0.315 e. The number of carboxylic acid groups (broad SMARTS) is 1. The van der Waals surface area contributed by atoms with Gasteiger partial charge in [-0.3, -0.25) is 4.79 Å². The highest BCUT2D eigenvalue weighted by Crippen LogP contribution is 2.82. The maximum Gasteiger partial charge on any atom is 0.315 e. The normalized spacial score (nSPS) is 42.7. The van der Waals surface area contributed by atoms with Crippen LogP contribution in [-0.4, -0.2) is 30.6 Å². The van der Waals surface area contributed by atoms with Crippen LogP contribution < -0.4 is 0 Å². The third-order valence-corrected chi connectivity index (χ3v) is 9.87. The van der Waals surface area contributed by atoms with Crippen molar-refractivity contribution in [2.75, 3.05) is 13.2 Å². The summed E-state index contributed by atoms with van der Waals surface area (Å²) in [6.07, 6.45) is 13.0. The Morgan fingerprint density at radius 3 is 2.61 bits per heavy atom. The zero-order valence-electron chi connectivity index (χ0n) is 20.0. The Balaban J connectivity index is 1.69. The molecule has 0 heterocycles. The van der Waals surface area contributed by atoms with E-state index in [0.717, 1.165) is 37.5 Å². The lowest BCUT2D eigenvalue weighted by atomic mass is 9.43. The van der Waals surface area contributed by atoms with Crippen molar-refractivity contribution in [1.82, 2.24) is 0 Å². The summed E-state index contributed by atoms with van der Waals surface area (Å²) in [5, 5.41) is 10.9. The van der Waals surface area contributed by atoms with Gasteiger partial charge in [0.1, 0.15) is 11.7 Å². The number of hydrogen-bond donors (Lipinski definition) is 1. The molecule has 0 aromatic carbocycles. The van der Waals surface area contributed by atoms with Crippen LogP contribution in [0.25, 0.3) is 0 Å². The fourth-order valence-electron chi connectivity index (χ4n) is 8.70. The van der Waals surface area contributed by atoms with Crippen molar-refractivity contribution in [1.29, 1.82) is 0 Å². The van der Waals surface area contributed by atoms with E-state index in [9.17, 15) is 14.7 Å². The Hall–Kier alpha value is -1.16. The highest BCUT2D eigenvalue weighted by molar-refractivity contribution is 5.90. The molecule has 0 radical (unpaired) electrons. The van der Waals surface area contributed by atoms with E-state index in [1.165, 1.54) is 25.7 Å². The topological polar surface area (TPSA) is 63.6 Å². The molecule has 4 aliphatic rings. The summed E-state index contributed by atoms with van der Waals surface area (Å²) in [5.41, 5.74) is -1.32. The second-order valence-corrected chi connectivity index (χ2v) is 11.5. The Kier molecular flexibility index (Phi) is 6.17. The molecule has 1 N–H and O–H groups in total. The number of carbonyl (C=O) groups excluding carboxylic acids is 1. The van der Waals surface area contributed by atoms with Crippen LogP contribution in [0.3, 0.4) is 0 Å². The van der Waals surface area contributed by atoms with Crippen LogP contribution in [0.15, 0.2) is 11.6 Å². The number of fused-ring (bicyclic) bond motifs is 2. The molecular formula is C27H42O4. The van der Waals surface area contributed by atoms with Crippen LogP contribution >= 0.6 is 0 Å². The van der Waals surface area contributed by atoms with Crippen molar-refractivity contribution in [3.05, 3.63) is 11.6 Å². The van der Waals surface area contributed by atoms with Gasteiger partial charge < -0.3 is 14.6 Å². The number of rotatable bonds is 11. The number of aldehydes is 1. The van der Waals surface area contributed by atoms with Crippen LogP contribution in [0.4, 0.5) is 0 Å². The van der Waals surface area contributed by atoms with E-state index in [4.69, 9.17) is 4.74 Å². The van der Waals surface area contributed by atoms with Crippen LogP contribution in [0.5, 0.6) is 0 Å². The predicted octanol–water partition coefficient (Wildman–Crippen LogP) is 5.90. The van der Waals surface area contributed by atoms with Crippen molar-refractivity contribution in [2.45, 2.75) is 85.5 Å². The number of unbranched alkanes of at least 4 members (excludes halogenated alkanes) is 4. The van der Waals surface area contributed by atoms with Crippen LogP contribution in [0.1, 0.15) is 85.5 Å². The molecule has 3 fully saturated rings. The number of carbonyl (C=O) groups is 2. The molecule has 174 valence electrons. The summed E-state index contributed by atoms with van der Waals surface area (Å²) in [4.78, 5) is 26.2. The fourth-order valence-corrected chi connectivity index (χ4v) is 8.70. The first-order chi connectivity index (χ1) is 14.8. The molecule has 0 spiro atoms. The van der Waals surface area contributed by atoms with Crippen LogP contribution in [0.2, 0.25) is 0 Å². The summed E-state index contributed by atoms with van der Waals surface area (Å²) in [5.74, 6) is 0.697. The number of allylic oxidation sites excluding steroid dienone is 1. The van der Waals surface area contributed by atoms with Gasteiger partial charge in [0.2, 0.25) is 0 Å². The van der Waals surface area contributed by atoms with Gasteiger partial charge in [0.25, 0.3) is 0 Å². The molecule has 0 saturated heterocycles. The second-order valence-electron chi connectivity index (χ2n) is 11.5. The molecule has 0 aliphatic heterocycles. The second kappa shape index (κ2) is 8.32. The van der Waals surface area contributed by atoms with Crippen molar-refractivity contribution in [3.8, 4) is 0 Å². The van der Waals surface area contributed by atoms with E-state index in [0.29, 0.717) is 31.5 Å². The maximum absolute atomic E-state index is 13.3. The zero-order valence-corrected chi connectivity index (χ0v) is 20.0. The SMILES string of the molecule is CCCCCCCOC[C@]12CC3C(C)CCC3[C@@]3(C=O)CC1C=C(C(C)C)C23C(=O)O. The van der Waals surface area contributed by atoms with Gasteiger partial charge in [-0.25, -0.2) is 0 Å². The van der Waals surface area contributed by atoms with E-state index in [1.807, 2.05) is 0 Å². The van der Waals surface area contributed by atoms with Gasteiger partial charge in [-0.2, -0.15) is 0 Å². The minimum atomic E-state index is -1.09. The first-order valence-corrected chi connectivity index (χ1v) is 12.8. The number of ether oxygens (including phenoxy) is 1. The van der Waals surface area contributed by atoms with Crippen LogP contribution in [0, 0.1) is 45.8 Å². The average molecular weight is 431 g/mol. The minimum Gasteiger partial charge on any atom is -0.481 e. The molecule has 4 bridgehead atoms. The summed E-state index contributed by atoms with van der Waals surface area (Å²) in [7, 11) is 0. The first kappa shape index (κ1) is 23.0. The molecular weight excluding hydrogens is 388 g/mol. The van der Waals surface area contributed by atoms with E-state index >= 15 is 0 Å². The van der Waals surface area contributed by atoms with Crippen molar-refractivity contribution < 1.29 is 19.4 Å². The van der Waals surface area contributed by atoms with E-state index in [1.54, 1.807) is 0 Å². The van der Waals surface area contributed by atoms with Gasteiger partial charge >= 0.3 is 5.97 Å². The van der Waals surface area contributed by atoms with Gasteiger partial charge in [-0.1, -0.05) is 71.4 Å². The molecule has 5 unspecified atom stereocenters. The largest absolute Gasteiger partial charge is 0.481 e. The Morgan fingerprint density at radius 2 is 1.97 bits per heavy atom. The van der Waals surface area contributed by atoms with Crippen LogP contribution in [-0.2, 0) is 14.3 Å². The van der Waals surface area contributed by atoms with Crippen molar-refractivity contribution in [3.63, 3.8) is 0 Å². The fraction of sp³-hybridized carbons (Fsp3) is 0.852. The molecule has 7 atom stereocenters. The highest BCUT2D eigenvalue weighted by Gasteiger charge is 2.84. The molecule has 0 aromatic rings. The Labute approximate surface area is 188 Å². The molecule has 0 aromatic heterocycles. The lowest BCUT2D eigenvalue weighted by Gasteiger charge is -2.58. The van der Waals surface area contributed by atoms with Gasteiger partial charge in [0, 0.05) is 12.0 Å². The third kappa shape index (κ3) is 2.89. The first-order valence-electron chi connectivity index (χ1n) is 12.8. The Morgan fingerprint density at radius 1 is 1.23 bits per heavy atom. The predicted molar refractivity (Wildman–Crippen MR) is 122 cm³/mol. The number of carboxylic acids is 1. The molecule has 3 saturated carbocycles. The summed E-state index contributed by atoms with van der Waals surface area (Å²) >= 11 is 0. The van der Waals surface area contributed by atoms with Gasteiger partial charge in [-0.15, -0.1) is 0 Å². The van der Waals surface area contributed by atoms with Gasteiger partial charge in [0.05, 0.1) is 12.0 Å². The van der Waals surface area contributed by atoms with Gasteiger partial charge in [0.15, 0.2) is 0 Å². The molecule has 4 nitrogen and oxygen atoms in total. The van der Waals surface area contributed by atoms with E-state index in [-0.39, 0.29) is 17.8 Å². The van der Waals surface area contributed by atoms with Crippen molar-refractivity contribution in [2.24, 2.45) is 45.8 Å². The summed E-state index contributed by atoms with van der Waals surface area (Å²) in [6.45, 7) is 9.90. The molecule has 4 rings (SSSR count). The van der Waals surface area contributed by atoms with E-state index in [2.05, 4.69) is 33.8 Å². The Bertz CT molecular complexity index is 742. The van der Waals surface area contributed by atoms with Gasteiger partial charge in [-0.05, 0) is 55.3 Å². The maximum atomic E-state index is 13.3. The van der Waals surface area contributed by atoms with Crippen molar-refractivity contribution >= 4 is 12.3 Å². The van der Waals surface area contributed by atoms with E-state index < -0.39 is 22.2 Å².